The molecule has 0 aromatic heterocycles. The van der Waals surface area contributed by atoms with Gasteiger partial charge in [0, 0.05) is 0 Å². The molecule has 0 saturated carbocycles. The van der Waals surface area contributed by atoms with Gasteiger partial charge in [0.15, 0.2) is 0 Å². The summed E-state index contributed by atoms with van der Waals surface area (Å²) in [5.74, 6) is -1.78. The number of carbonyl (C=O) groups is 1. The second kappa shape index (κ2) is 5.41. The van der Waals surface area contributed by atoms with Gasteiger partial charge < -0.3 is 9.84 Å². The quantitative estimate of drug-likeness (QED) is 0.927. The van der Waals surface area contributed by atoms with Crippen LogP contribution in [0, 0.1) is 24.1 Å². The lowest BCUT2D eigenvalue weighted by Gasteiger charge is -2.12. The molecule has 0 aliphatic carbocycles. The van der Waals surface area contributed by atoms with Crippen LogP contribution in [-0.2, 0) is 0 Å². The summed E-state index contributed by atoms with van der Waals surface area (Å²) in [6.45, 7) is 1.67. The van der Waals surface area contributed by atoms with Crippen LogP contribution in [0.3, 0.4) is 0 Å². The first-order chi connectivity index (χ1) is 9.54. The van der Waals surface area contributed by atoms with E-state index in [1.54, 1.807) is 25.1 Å². The van der Waals surface area contributed by atoms with Crippen LogP contribution in [0.5, 0.6) is 11.5 Å². The Hall–Kier alpha value is -2.87. The fourth-order valence-corrected chi connectivity index (χ4v) is 1.76. The highest BCUT2D eigenvalue weighted by molar-refractivity contribution is 5.91. The zero-order valence-electron chi connectivity index (χ0n) is 10.6. The van der Waals surface area contributed by atoms with E-state index in [0.29, 0.717) is 5.56 Å². The Morgan fingerprint density at radius 3 is 2.65 bits per heavy atom. The molecule has 0 saturated heterocycles. The molecule has 0 fully saturated rings. The fourth-order valence-electron chi connectivity index (χ4n) is 1.76. The van der Waals surface area contributed by atoms with Crippen molar-refractivity contribution in [3.8, 4) is 17.6 Å². The minimum atomic E-state index is -1.15. The molecule has 4 nitrogen and oxygen atoms in total. The molecule has 0 aliphatic heterocycles. The number of benzene rings is 2. The molecule has 0 radical (unpaired) electrons. The molecule has 20 heavy (non-hydrogen) atoms. The van der Waals surface area contributed by atoms with Crippen molar-refractivity contribution in [2.75, 3.05) is 0 Å². The number of para-hydroxylation sites is 1. The van der Waals surface area contributed by atoms with Gasteiger partial charge in [-0.2, -0.15) is 5.26 Å². The van der Waals surface area contributed by atoms with E-state index in [2.05, 4.69) is 0 Å². The number of nitriles is 1. The summed E-state index contributed by atoms with van der Waals surface area (Å²) in [5.41, 5.74) is 0.281. The van der Waals surface area contributed by atoms with Crippen LogP contribution in [0.2, 0.25) is 0 Å². The maximum absolute atomic E-state index is 13.5. The van der Waals surface area contributed by atoms with E-state index in [-0.39, 0.29) is 22.6 Å². The van der Waals surface area contributed by atoms with Crippen LogP contribution >= 0.6 is 0 Å². The first kappa shape index (κ1) is 13.6. The van der Waals surface area contributed by atoms with E-state index >= 15 is 0 Å². The molecule has 0 atom stereocenters. The topological polar surface area (TPSA) is 70.3 Å². The molecule has 0 aliphatic rings. The molecule has 100 valence electrons. The van der Waals surface area contributed by atoms with Crippen molar-refractivity contribution in [2.24, 2.45) is 0 Å². The first-order valence-corrected chi connectivity index (χ1v) is 5.74. The number of hydrogen-bond acceptors (Lipinski definition) is 3. The number of carboxylic acid groups (broad SMARTS) is 1. The molecule has 0 unspecified atom stereocenters. The minimum absolute atomic E-state index is 0.00991. The third-order valence-electron chi connectivity index (χ3n) is 2.74. The Labute approximate surface area is 114 Å². The number of aromatic carboxylic acids is 1. The van der Waals surface area contributed by atoms with E-state index < -0.39 is 11.8 Å². The average Bonchev–Trinajstić information content (AvgIpc) is 2.41. The zero-order chi connectivity index (χ0) is 14.7. The van der Waals surface area contributed by atoms with Crippen molar-refractivity contribution in [3.63, 3.8) is 0 Å². The Bertz CT molecular complexity index is 720. The van der Waals surface area contributed by atoms with Crippen molar-refractivity contribution in [3.05, 3.63) is 58.9 Å². The first-order valence-electron chi connectivity index (χ1n) is 5.74. The molecular weight excluding hydrogens is 261 g/mol. The largest absolute Gasteiger partial charge is 0.478 e. The molecule has 0 bridgehead atoms. The molecule has 2 rings (SSSR count). The van der Waals surface area contributed by atoms with Gasteiger partial charge in [0.1, 0.15) is 34.5 Å². The highest BCUT2D eigenvalue weighted by atomic mass is 19.1. The van der Waals surface area contributed by atoms with E-state index in [9.17, 15) is 9.18 Å². The third kappa shape index (κ3) is 2.45. The predicted octanol–water partition coefficient (Wildman–Crippen LogP) is 3.50. The van der Waals surface area contributed by atoms with Gasteiger partial charge in [-0.3, -0.25) is 0 Å². The fraction of sp³-hybridized carbons (Fsp3) is 0.0667. The number of carboxylic acids is 1. The van der Waals surface area contributed by atoms with Crippen molar-refractivity contribution >= 4 is 5.97 Å². The van der Waals surface area contributed by atoms with Crippen LogP contribution in [-0.4, -0.2) is 11.1 Å². The summed E-state index contributed by atoms with van der Waals surface area (Å²) in [4.78, 5) is 11.2. The molecule has 0 spiro atoms. The van der Waals surface area contributed by atoms with Gasteiger partial charge in [0.25, 0.3) is 0 Å². The smallest absolute Gasteiger partial charge is 0.339 e. The lowest BCUT2D eigenvalue weighted by molar-refractivity contribution is 0.0694. The molecule has 2 aromatic carbocycles. The summed E-state index contributed by atoms with van der Waals surface area (Å²) >= 11 is 0. The molecule has 2 aromatic rings. The minimum Gasteiger partial charge on any atom is -0.478 e. The Kier molecular flexibility index (Phi) is 3.67. The van der Waals surface area contributed by atoms with Gasteiger partial charge in [-0.25, -0.2) is 9.18 Å². The summed E-state index contributed by atoms with van der Waals surface area (Å²) in [6.07, 6.45) is 0. The second-order valence-electron chi connectivity index (χ2n) is 4.08. The zero-order valence-corrected chi connectivity index (χ0v) is 10.6. The van der Waals surface area contributed by atoms with Crippen molar-refractivity contribution in [2.45, 2.75) is 6.92 Å². The molecule has 0 heterocycles. The molecule has 0 amide bonds. The van der Waals surface area contributed by atoms with Gasteiger partial charge in [-0.15, -0.1) is 0 Å². The summed E-state index contributed by atoms with van der Waals surface area (Å²) < 4.78 is 19.0. The lowest BCUT2D eigenvalue weighted by atomic mass is 10.1. The lowest BCUT2D eigenvalue weighted by Crippen LogP contribution is -2.02. The van der Waals surface area contributed by atoms with Crippen LogP contribution in [0.1, 0.15) is 21.5 Å². The van der Waals surface area contributed by atoms with Gasteiger partial charge in [0.2, 0.25) is 0 Å². The Balaban J connectivity index is 2.54. The molecular formula is C15H10FNO3. The van der Waals surface area contributed by atoms with E-state index in [1.165, 1.54) is 18.2 Å². The maximum Gasteiger partial charge on any atom is 0.339 e. The Morgan fingerprint density at radius 2 is 2.00 bits per heavy atom. The van der Waals surface area contributed by atoms with Crippen LogP contribution in [0.25, 0.3) is 0 Å². The van der Waals surface area contributed by atoms with E-state index in [0.717, 1.165) is 6.07 Å². The van der Waals surface area contributed by atoms with Gasteiger partial charge in [-0.1, -0.05) is 18.2 Å². The van der Waals surface area contributed by atoms with Gasteiger partial charge >= 0.3 is 5.97 Å². The monoisotopic (exact) mass is 271 g/mol. The van der Waals surface area contributed by atoms with Crippen LogP contribution < -0.4 is 4.74 Å². The number of aryl methyl sites for hydroxylation is 1. The maximum atomic E-state index is 13.5. The normalized spacial score (nSPS) is 9.85. The molecule has 1 N–H and O–H groups in total. The van der Waals surface area contributed by atoms with Crippen molar-refractivity contribution in [1.29, 1.82) is 5.26 Å². The Morgan fingerprint density at radius 1 is 1.30 bits per heavy atom. The predicted molar refractivity (Wildman–Crippen MR) is 69.3 cm³/mol. The number of halogens is 1. The van der Waals surface area contributed by atoms with Crippen molar-refractivity contribution in [1.82, 2.24) is 0 Å². The number of nitrogens with zero attached hydrogens (tertiary/aromatic N) is 1. The summed E-state index contributed by atoms with van der Waals surface area (Å²) in [5, 5.41) is 18.1. The second-order valence-corrected chi connectivity index (χ2v) is 4.08. The van der Waals surface area contributed by atoms with E-state index in [4.69, 9.17) is 15.1 Å². The SMILES string of the molecule is Cc1cccc(C(=O)O)c1Oc1cccc(F)c1C#N. The average molecular weight is 271 g/mol. The number of ether oxygens (including phenoxy) is 1. The summed E-state index contributed by atoms with van der Waals surface area (Å²) in [7, 11) is 0. The number of hydrogen-bond donors (Lipinski definition) is 1. The van der Waals surface area contributed by atoms with Crippen LogP contribution in [0.15, 0.2) is 36.4 Å². The highest BCUT2D eigenvalue weighted by Gasteiger charge is 2.17. The number of rotatable bonds is 3. The molecule has 5 heteroatoms. The standard InChI is InChI=1S/C15H10FNO3/c1-9-4-2-5-10(15(18)19)14(9)20-13-7-3-6-12(16)11(13)8-17/h2-7H,1H3,(H,18,19). The summed E-state index contributed by atoms with van der Waals surface area (Å²) in [6, 6.07) is 10.3. The van der Waals surface area contributed by atoms with E-state index in [1.807, 2.05) is 0 Å². The van der Waals surface area contributed by atoms with Crippen molar-refractivity contribution < 1.29 is 19.0 Å². The highest BCUT2D eigenvalue weighted by Crippen LogP contribution is 2.31. The third-order valence-corrected chi connectivity index (χ3v) is 2.74. The van der Waals surface area contributed by atoms with Crippen LogP contribution in [0.4, 0.5) is 4.39 Å². The van der Waals surface area contributed by atoms with Gasteiger partial charge in [-0.05, 0) is 30.7 Å². The van der Waals surface area contributed by atoms with Gasteiger partial charge in [0.05, 0.1) is 0 Å².